The van der Waals surface area contributed by atoms with Crippen LogP contribution in [-0.4, -0.2) is 34.1 Å². The van der Waals surface area contributed by atoms with Gasteiger partial charge in [-0.05, 0) is 18.9 Å². The highest BCUT2D eigenvalue weighted by Gasteiger charge is 2.24. The smallest absolute Gasteiger partial charge is 0.131 e. The van der Waals surface area contributed by atoms with Gasteiger partial charge in [0, 0.05) is 38.5 Å². The Morgan fingerprint density at radius 3 is 2.94 bits per heavy atom. The zero-order chi connectivity index (χ0) is 12.5. The zero-order valence-electron chi connectivity index (χ0n) is 10.7. The van der Waals surface area contributed by atoms with Crippen molar-refractivity contribution in [1.29, 1.82) is 0 Å². The number of nitrogens with zero attached hydrogens (tertiary/aromatic N) is 5. The minimum Gasteiger partial charge on any atom is -0.363 e. The predicted octanol–water partition coefficient (Wildman–Crippen LogP) is 1.66. The largest absolute Gasteiger partial charge is 0.363 e. The zero-order valence-corrected chi connectivity index (χ0v) is 10.7. The van der Waals surface area contributed by atoms with E-state index in [-0.39, 0.29) is 0 Å². The Morgan fingerprint density at radius 1 is 1.39 bits per heavy atom. The molecule has 0 unspecified atom stereocenters. The van der Waals surface area contributed by atoms with Gasteiger partial charge in [0.1, 0.15) is 5.82 Å². The Balaban J connectivity index is 1.82. The van der Waals surface area contributed by atoms with Gasteiger partial charge in [-0.25, -0.2) is 9.67 Å². The van der Waals surface area contributed by atoms with Gasteiger partial charge in [0.25, 0.3) is 0 Å². The van der Waals surface area contributed by atoms with Crippen LogP contribution in [0.2, 0.25) is 0 Å². The average Bonchev–Trinajstić information content (AvgIpc) is 3.11. The van der Waals surface area contributed by atoms with Crippen molar-refractivity contribution in [2.75, 3.05) is 19.0 Å². The molecule has 0 N–H and O–H groups in total. The molecule has 18 heavy (non-hydrogen) atoms. The molecule has 0 aliphatic heterocycles. The van der Waals surface area contributed by atoms with Crippen molar-refractivity contribution in [3.63, 3.8) is 0 Å². The molecule has 0 amide bonds. The van der Waals surface area contributed by atoms with Crippen molar-refractivity contribution >= 4 is 5.82 Å². The third kappa shape index (κ3) is 2.20. The highest BCUT2D eigenvalue weighted by molar-refractivity contribution is 5.46. The summed E-state index contributed by atoms with van der Waals surface area (Å²) in [7, 11) is 4.01. The van der Waals surface area contributed by atoms with E-state index < -0.39 is 0 Å². The van der Waals surface area contributed by atoms with Crippen LogP contribution in [0.1, 0.15) is 30.1 Å². The molecule has 1 saturated carbocycles. The summed E-state index contributed by atoms with van der Waals surface area (Å²) in [6.45, 7) is 0. The summed E-state index contributed by atoms with van der Waals surface area (Å²) >= 11 is 0. The topological polar surface area (TPSA) is 46.8 Å². The van der Waals surface area contributed by atoms with Gasteiger partial charge in [0.05, 0.1) is 11.7 Å². The van der Waals surface area contributed by atoms with Gasteiger partial charge in [-0.3, -0.25) is 0 Å². The summed E-state index contributed by atoms with van der Waals surface area (Å²) in [6.07, 6.45) is 7.13. The molecule has 0 radical (unpaired) electrons. The van der Waals surface area contributed by atoms with Crippen LogP contribution in [0, 0.1) is 0 Å². The van der Waals surface area contributed by atoms with E-state index in [1.807, 2.05) is 35.9 Å². The molecule has 1 aliphatic rings. The number of hydrogen-bond donors (Lipinski definition) is 0. The van der Waals surface area contributed by atoms with E-state index in [1.54, 1.807) is 0 Å². The first-order valence-electron chi connectivity index (χ1n) is 6.26. The lowest BCUT2D eigenvalue weighted by molar-refractivity contribution is 0.610. The second kappa shape index (κ2) is 4.40. The second-order valence-corrected chi connectivity index (χ2v) is 4.98. The second-order valence-electron chi connectivity index (χ2n) is 4.98. The van der Waals surface area contributed by atoms with Crippen LogP contribution in [0.5, 0.6) is 0 Å². The van der Waals surface area contributed by atoms with Gasteiger partial charge >= 0.3 is 0 Å². The highest BCUT2D eigenvalue weighted by atomic mass is 15.4. The number of anilines is 1. The lowest BCUT2D eigenvalue weighted by Gasteiger charge is -2.14. The fraction of sp³-hybridized carbons (Fsp3) is 0.462. The van der Waals surface area contributed by atoms with E-state index in [1.165, 1.54) is 18.4 Å². The molecule has 0 bridgehead atoms. The third-order valence-corrected chi connectivity index (χ3v) is 3.14. The maximum atomic E-state index is 4.40. The SMILES string of the molecule is CN(C)c1ncccc1Cc1cn(C2CC2)nn1. The summed E-state index contributed by atoms with van der Waals surface area (Å²) in [5.41, 5.74) is 2.20. The van der Waals surface area contributed by atoms with Crippen molar-refractivity contribution in [3.8, 4) is 0 Å². The minimum absolute atomic E-state index is 0.591. The molecule has 3 rings (SSSR count). The fourth-order valence-electron chi connectivity index (χ4n) is 2.08. The Labute approximate surface area is 106 Å². The molecular weight excluding hydrogens is 226 g/mol. The number of hydrogen-bond acceptors (Lipinski definition) is 4. The van der Waals surface area contributed by atoms with Crippen LogP contribution in [-0.2, 0) is 6.42 Å². The van der Waals surface area contributed by atoms with Gasteiger partial charge in [-0.1, -0.05) is 11.3 Å². The van der Waals surface area contributed by atoms with Gasteiger partial charge < -0.3 is 4.90 Å². The predicted molar refractivity (Wildman–Crippen MR) is 69.7 cm³/mol. The van der Waals surface area contributed by atoms with E-state index in [9.17, 15) is 0 Å². The summed E-state index contributed by atoms with van der Waals surface area (Å²) < 4.78 is 1.99. The number of rotatable bonds is 4. The van der Waals surface area contributed by atoms with Crippen LogP contribution < -0.4 is 4.90 Å². The molecule has 0 atom stereocenters. The quantitative estimate of drug-likeness (QED) is 0.819. The van der Waals surface area contributed by atoms with Crippen molar-refractivity contribution in [2.45, 2.75) is 25.3 Å². The van der Waals surface area contributed by atoms with E-state index in [2.05, 4.69) is 27.6 Å². The lowest BCUT2D eigenvalue weighted by Crippen LogP contribution is -2.13. The average molecular weight is 243 g/mol. The van der Waals surface area contributed by atoms with Crippen molar-refractivity contribution < 1.29 is 0 Å². The summed E-state index contributed by atoms with van der Waals surface area (Å²) in [5, 5.41) is 8.42. The Kier molecular flexibility index (Phi) is 2.74. The van der Waals surface area contributed by atoms with E-state index in [0.717, 1.165) is 17.9 Å². The molecule has 2 heterocycles. The van der Waals surface area contributed by atoms with Crippen molar-refractivity contribution in [3.05, 3.63) is 35.8 Å². The van der Waals surface area contributed by atoms with E-state index >= 15 is 0 Å². The summed E-state index contributed by atoms with van der Waals surface area (Å²) in [6, 6.07) is 4.65. The number of aromatic nitrogens is 4. The molecule has 0 saturated heterocycles. The summed E-state index contributed by atoms with van der Waals surface area (Å²) in [4.78, 5) is 6.43. The van der Waals surface area contributed by atoms with E-state index in [0.29, 0.717) is 6.04 Å². The van der Waals surface area contributed by atoms with Crippen molar-refractivity contribution in [2.24, 2.45) is 0 Å². The van der Waals surface area contributed by atoms with Gasteiger partial charge in [0.15, 0.2) is 0 Å². The Bertz CT molecular complexity index is 542. The van der Waals surface area contributed by atoms with Crippen LogP contribution in [0.4, 0.5) is 5.82 Å². The third-order valence-electron chi connectivity index (χ3n) is 3.14. The lowest BCUT2D eigenvalue weighted by atomic mass is 10.1. The molecule has 2 aromatic rings. The maximum Gasteiger partial charge on any atom is 0.131 e. The summed E-state index contributed by atoms with van der Waals surface area (Å²) in [5.74, 6) is 0.999. The molecule has 5 heteroatoms. The van der Waals surface area contributed by atoms with Crippen LogP contribution in [0.3, 0.4) is 0 Å². The standard InChI is InChI=1S/C13H17N5/c1-17(2)13-10(4-3-7-14-13)8-11-9-18(16-15-11)12-5-6-12/h3-4,7,9,12H,5-6,8H2,1-2H3. The highest BCUT2D eigenvalue weighted by Crippen LogP contribution is 2.33. The molecular formula is C13H17N5. The minimum atomic E-state index is 0.591. The normalized spacial score (nSPS) is 14.8. The van der Waals surface area contributed by atoms with Gasteiger partial charge in [-0.15, -0.1) is 5.10 Å². The molecule has 1 aliphatic carbocycles. The fourth-order valence-corrected chi connectivity index (χ4v) is 2.08. The van der Waals surface area contributed by atoms with Crippen LogP contribution in [0.25, 0.3) is 0 Å². The monoisotopic (exact) mass is 243 g/mol. The van der Waals surface area contributed by atoms with Crippen LogP contribution >= 0.6 is 0 Å². The van der Waals surface area contributed by atoms with Gasteiger partial charge in [-0.2, -0.15) is 0 Å². The number of pyridine rings is 1. The van der Waals surface area contributed by atoms with E-state index in [4.69, 9.17) is 0 Å². The first-order valence-corrected chi connectivity index (χ1v) is 6.26. The molecule has 94 valence electrons. The Hall–Kier alpha value is -1.91. The molecule has 1 fully saturated rings. The molecule has 0 aromatic carbocycles. The first-order chi connectivity index (χ1) is 8.74. The van der Waals surface area contributed by atoms with Crippen molar-refractivity contribution in [1.82, 2.24) is 20.0 Å². The first kappa shape index (κ1) is 11.2. The van der Waals surface area contributed by atoms with Crippen LogP contribution in [0.15, 0.2) is 24.5 Å². The maximum absolute atomic E-state index is 4.40. The molecule has 0 spiro atoms. The Morgan fingerprint density at radius 2 is 2.22 bits per heavy atom. The van der Waals surface area contributed by atoms with Gasteiger partial charge in [0.2, 0.25) is 0 Å². The molecule has 2 aromatic heterocycles. The molecule has 5 nitrogen and oxygen atoms in total.